The van der Waals surface area contributed by atoms with Gasteiger partial charge in [0.15, 0.2) is 0 Å². The molecule has 0 fully saturated rings. The highest BCUT2D eigenvalue weighted by Crippen LogP contribution is 2.21. The van der Waals surface area contributed by atoms with Crippen molar-refractivity contribution in [1.29, 1.82) is 0 Å². The lowest BCUT2D eigenvalue weighted by molar-refractivity contribution is 0.0954. The molecule has 2 rings (SSSR count). The molecule has 0 spiro atoms. The van der Waals surface area contributed by atoms with E-state index >= 15 is 0 Å². The van der Waals surface area contributed by atoms with Crippen LogP contribution in [0.2, 0.25) is 0 Å². The lowest BCUT2D eigenvalue weighted by Gasteiger charge is -2.12. The topological polar surface area (TPSA) is 72.7 Å². The summed E-state index contributed by atoms with van der Waals surface area (Å²) in [5, 5.41) is 11.9. The number of hydrogen-bond donors (Lipinski definition) is 1. The Morgan fingerprint density at radius 2 is 2.14 bits per heavy atom. The molecule has 1 unspecified atom stereocenters. The molecule has 1 atom stereocenters. The molecular weight excluding hydrogens is 298 g/mol. The fraction of sp³-hybridized carbons (Fsp3) is 0.600. The lowest BCUT2D eigenvalue weighted by Crippen LogP contribution is -2.28. The van der Waals surface area contributed by atoms with Crippen molar-refractivity contribution in [2.24, 2.45) is 13.0 Å². The van der Waals surface area contributed by atoms with Crippen molar-refractivity contribution in [3.63, 3.8) is 0 Å². The molecule has 2 aromatic heterocycles. The van der Waals surface area contributed by atoms with Crippen molar-refractivity contribution in [3.05, 3.63) is 27.7 Å². The summed E-state index contributed by atoms with van der Waals surface area (Å²) in [6, 6.07) is 0. The molecule has 2 heterocycles. The molecule has 6 nitrogen and oxygen atoms in total. The molecule has 0 saturated carbocycles. The number of thiazole rings is 1. The van der Waals surface area contributed by atoms with Crippen LogP contribution < -0.4 is 5.32 Å². The second-order valence-electron chi connectivity index (χ2n) is 6.02. The molecule has 120 valence electrons. The van der Waals surface area contributed by atoms with Gasteiger partial charge in [0.1, 0.15) is 17.0 Å². The molecule has 1 amide bonds. The van der Waals surface area contributed by atoms with Crippen LogP contribution in [0.1, 0.15) is 52.9 Å². The van der Waals surface area contributed by atoms with E-state index in [0.29, 0.717) is 12.5 Å². The summed E-state index contributed by atoms with van der Waals surface area (Å²) < 4.78 is 1.87. The maximum absolute atomic E-state index is 12.4. The number of carbonyl (C=O) groups is 1. The van der Waals surface area contributed by atoms with Gasteiger partial charge >= 0.3 is 0 Å². The predicted octanol–water partition coefficient (Wildman–Crippen LogP) is 2.31. The highest BCUT2D eigenvalue weighted by Gasteiger charge is 2.19. The molecule has 0 aliphatic carbocycles. The average molecular weight is 321 g/mol. The van der Waals surface area contributed by atoms with E-state index < -0.39 is 0 Å². The third-order valence-electron chi connectivity index (χ3n) is 3.37. The number of nitrogens with zero attached hydrogens (tertiary/aromatic N) is 4. The maximum Gasteiger partial charge on any atom is 0.263 e. The normalized spacial score (nSPS) is 12.6. The molecule has 0 bridgehead atoms. The van der Waals surface area contributed by atoms with Crippen molar-refractivity contribution in [1.82, 2.24) is 25.1 Å². The highest BCUT2D eigenvalue weighted by molar-refractivity contribution is 7.13. The first-order chi connectivity index (χ1) is 10.4. The molecule has 0 radical (unpaired) electrons. The monoisotopic (exact) mass is 321 g/mol. The standard InChI is InChI=1S/C15H23N5OS/c1-9(2)6-12-13(22-11(4)18-12)15(21)16-7-10(3)14-19-17-8-20(14)5/h8-10H,6-7H2,1-5H3,(H,16,21). The van der Waals surface area contributed by atoms with Gasteiger partial charge in [0, 0.05) is 19.5 Å². The van der Waals surface area contributed by atoms with E-state index in [9.17, 15) is 4.79 Å². The SMILES string of the molecule is Cc1nc(CC(C)C)c(C(=O)NCC(C)c2nncn2C)s1. The summed E-state index contributed by atoms with van der Waals surface area (Å²) in [5.41, 5.74) is 0.904. The second kappa shape index (κ2) is 7.00. The largest absolute Gasteiger partial charge is 0.351 e. The second-order valence-corrected chi connectivity index (χ2v) is 7.22. The van der Waals surface area contributed by atoms with Gasteiger partial charge in [0.05, 0.1) is 10.7 Å². The first-order valence-electron chi connectivity index (χ1n) is 7.46. The van der Waals surface area contributed by atoms with E-state index in [1.807, 2.05) is 25.5 Å². The van der Waals surface area contributed by atoms with E-state index in [1.54, 1.807) is 6.33 Å². The van der Waals surface area contributed by atoms with Crippen LogP contribution in [0.15, 0.2) is 6.33 Å². The Kier molecular flexibility index (Phi) is 5.28. The van der Waals surface area contributed by atoms with Gasteiger partial charge in [0.2, 0.25) is 0 Å². The van der Waals surface area contributed by atoms with Gasteiger partial charge in [0.25, 0.3) is 5.91 Å². The lowest BCUT2D eigenvalue weighted by atomic mass is 10.1. The van der Waals surface area contributed by atoms with Crippen LogP contribution in [0.25, 0.3) is 0 Å². The molecule has 0 aliphatic rings. The molecule has 7 heteroatoms. The first kappa shape index (κ1) is 16.6. The summed E-state index contributed by atoms with van der Waals surface area (Å²) >= 11 is 1.46. The quantitative estimate of drug-likeness (QED) is 0.886. The molecule has 0 saturated heterocycles. The number of aromatic nitrogens is 4. The minimum Gasteiger partial charge on any atom is -0.351 e. The summed E-state index contributed by atoms with van der Waals surface area (Å²) in [6.45, 7) is 8.76. The minimum absolute atomic E-state index is 0.0460. The van der Waals surface area contributed by atoms with E-state index in [1.165, 1.54) is 11.3 Å². The molecule has 0 aromatic carbocycles. The predicted molar refractivity (Wildman–Crippen MR) is 87.1 cm³/mol. The van der Waals surface area contributed by atoms with E-state index in [4.69, 9.17) is 0 Å². The van der Waals surface area contributed by atoms with Crippen LogP contribution in [0.5, 0.6) is 0 Å². The molecular formula is C15H23N5OS. The van der Waals surface area contributed by atoms with Gasteiger partial charge in [-0.3, -0.25) is 4.79 Å². The third-order valence-corrected chi connectivity index (χ3v) is 4.38. The zero-order valence-electron chi connectivity index (χ0n) is 13.8. The summed E-state index contributed by atoms with van der Waals surface area (Å²) in [5.74, 6) is 1.41. The van der Waals surface area contributed by atoms with Crippen LogP contribution in [0.3, 0.4) is 0 Å². The summed E-state index contributed by atoms with van der Waals surface area (Å²) in [6.07, 6.45) is 2.49. The third kappa shape index (κ3) is 3.91. The van der Waals surface area contributed by atoms with E-state index in [2.05, 4.69) is 34.3 Å². The minimum atomic E-state index is -0.0460. The smallest absolute Gasteiger partial charge is 0.263 e. The Hall–Kier alpha value is -1.76. The summed E-state index contributed by atoms with van der Waals surface area (Å²) in [4.78, 5) is 17.7. The van der Waals surface area contributed by atoms with Gasteiger partial charge in [-0.15, -0.1) is 21.5 Å². The van der Waals surface area contributed by atoms with Gasteiger partial charge in [-0.2, -0.15) is 0 Å². The number of amides is 1. The van der Waals surface area contributed by atoms with Crippen LogP contribution in [0.4, 0.5) is 0 Å². The van der Waals surface area contributed by atoms with Gasteiger partial charge in [-0.05, 0) is 19.3 Å². The van der Waals surface area contributed by atoms with Crippen molar-refractivity contribution < 1.29 is 4.79 Å². The fourth-order valence-electron chi connectivity index (χ4n) is 2.33. The zero-order chi connectivity index (χ0) is 16.3. The Bertz CT molecular complexity index is 646. The zero-order valence-corrected chi connectivity index (χ0v) is 14.6. The van der Waals surface area contributed by atoms with Gasteiger partial charge in [-0.1, -0.05) is 20.8 Å². The summed E-state index contributed by atoms with van der Waals surface area (Å²) in [7, 11) is 1.90. The van der Waals surface area contributed by atoms with Crippen molar-refractivity contribution >= 4 is 17.2 Å². The Morgan fingerprint density at radius 3 is 2.73 bits per heavy atom. The van der Waals surface area contributed by atoms with Gasteiger partial charge in [-0.25, -0.2) is 4.98 Å². The Balaban J connectivity index is 2.02. The fourth-order valence-corrected chi connectivity index (χ4v) is 3.19. The van der Waals surface area contributed by atoms with E-state index in [-0.39, 0.29) is 11.8 Å². The number of nitrogens with one attached hydrogen (secondary N) is 1. The van der Waals surface area contributed by atoms with Crippen molar-refractivity contribution in [3.8, 4) is 0 Å². The molecule has 2 aromatic rings. The molecule has 22 heavy (non-hydrogen) atoms. The van der Waals surface area contributed by atoms with Crippen molar-refractivity contribution in [2.75, 3.05) is 6.54 Å². The van der Waals surface area contributed by atoms with Crippen LogP contribution in [0, 0.1) is 12.8 Å². The molecule has 1 N–H and O–H groups in total. The maximum atomic E-state index is 12.4. The van der Waals surface area contributed by atoms with Gasteiger partial charge < -0.3 is 9.88 Å². The number of carbonyl (C=O) groups excluding carboxylic acids is 1. The Labute approximate surface area is 135 Å². The number of hydrogen-bond acceptors (Lipinski definition) is 5. The van der Waals surface area contributed by atoms with Crippen LogP contribution in [-0.2, 0) is 13.5 Å². The van der Waals surface area contributed by atoms with E-state index in [0.717, 1.165) is 27.8 Å². The first-order valence-corrected chi connectivity index (χ1v) is 8.28. The van der Waals surface area contributed by atoms with Crippen molar-refractivity contribution in [2.45, 2.75) is 40.0 Å². The number of rotatable bonds is 6. The Morgan fingerprint density at radius 1 is 1.41 bits per heavy atom. The number of aryl methyl sites for hydroxylation is 2. The van der Waals surface area contributed by atoms with Crippen LogP contribution in [-0.4, -0.2) is 32.2 Å². The highest BCUT2D eigenvalue weighted by atomic mass is 32.1. The average Bonchev–Trinajstić information content (AvgIpc) is 3.01. The molecule has 0 aliphatic heterocycles. The van der Waals surface area contributed by atoms with Crippen LogP contribution >= 0.6 is 11.3 Å².